The van der Waals surface area contributed by atoms with Crippen LogP contribution in [-0.2, 0) is 4.84 Å². The SMILES string of the molecule is ON1CC=C(C(F)(F)F)O1. The minimum atomic E-state index is -4.50. The first-order valence-corrected chi connectivity index (χ1v) is 2.42. The van der Waals surface area contributed by atoms with Gasteiger partial charge in [-0.2, -0.15) is 13.2 Å². The Morgan fingerprint density at radius 1 is 1.60 bits per heavy atom. The van der Waals surface area contributed by atoms with Crippen LogP contribution in [0.15, 0.2) is 11.8 Å². The molecular weight excluding hydrogens is 151 g/mol. The number of hydrogen-bond donors (Lipinski definition) is 1. The summed E-state index contributed by atoms with van der Waals surface area (Å²) in [4.78, 5) is 3.85. The van der Waals surface area contributed by atoms with Crippen LogP contribution in [0.4, 0.5) is 13.2 Å². The summed E-state index contributed by atoms with van der Waals surface area (Å²) >= 11 is 0. The lowest BCUT2D eigenvalue weighted by Crippen LogP contribution is -2.18. The van der Waals surface area contributed by atoms with Gasteiger partial charge in [0.25, 0.3) is 0 Å². The molecule has 0 aromatic carbocycles. The van der Waals surface area contributed by atoms with Crippen molar-refractivity contribution < 1.29 is 23.2 Å². The summed E-state index contributed by atoms with van der Waals surface area (Å²) < 4.78 is 34.8. The van der Waals surface area contributed by atoms with Crippen molar-refractivity contribution in [2.24, 2.45) is 0 Å². The van der Waals surface area contributed by atoms with E-state index in [-0.39, 0.29) is 11.8 Å². The van der Waals surface area contributed by atoms with E-state index < -0.39 is 11.9 Å². The zero-order valence-corrected chi connectivity index (χ0v) is 4.72. The van der Waals surface area contributed by atoms with Crippen LogP contribution < -0.4 is 0 Å². The van der Waals surface area contributed by atoms with Gasteiger partial charge in [-0.25, -0.2) is 0 Å². The van der Waals surface area contributed by atoms with Crippen molar-refractivity contribution in [1.29, 1.82) is 0 Å². The van der Waals surface area contributed by atoms with Gasteiger partial charge in [-0.3, -0.25) is 5.21 Å². The first-order chi connectivity index (χ1) is 4.50. The van der Waals surface area contributed by atoms with Crippen LogP contribution in [0.2, 0.25) is 0 Å². The number of rotatable bonds is 0. The summed E-state index contributed by atoms with van der Waals surface area (Å²) in [5, 5.41) is 8.44. The first-order valence-electron chi connectivity index (χ1n) is 2.42. The summed E-state index contributed by atoms with van der Waals surface area (Å²) in [6.45, 7) is -0.255. The normalized spacial score (nSPS) is 20.6. The summed E-state index contributed by atoms with van der Waals surface area (Å²) in [5.74, 6) is -1.17. The maximum atomic E-state index is 11.6. The largest absolute Gasteiger partial charge is 0.451 e. The predicted octanol–water partition coefficient (Wildman–Crippen LogP) is 1.07. The molecule has 58 valence electrons. The first kappa shape index (κ1) is 7.36. The topological polar surface area (TPSA) is 32.7 Å². The molecule has 10 heavy (non-hydrogen) atoms. The fourth-order valence-electron chi connectivity index (χ4n) is 0.517. The average molecular weight is 155 g/mol. The minimum absolute atomic E-state index is 0.114. The van der Waals surface area contributed by atoms with Gasteiger partial charge in [0.05, 0.1) is 6.54 Å². The van der Waals surface area contributed by atoms with E-state index in [1.807, 2.05) is 0 Å². The van der Waals surface area contributed by atoms with Gasteiger partial charge in [-0.05, 0) is 11.3 Å². The Kier molecular flexibility index (Phi) is 1.57. The molecule has 1 N–H and O–H groups in total. The fourth-order valence-corrected chi connectivity index (χ4v) is 0.517. The number of alkyl halides is 3. The smallest absolute Gasteiger partial charge is 0.375 e. The molecule has 3 nitrogen and oxygen atoms in total. The highest BCUT2D eigenvalue weighted by Gasteiger charge is 2.39. The highest BCUT2D eigenvalue weighted by molar-refractivity contribution is 5.03. The molecule has 0 radical (unpaired) electrons. The highest BCUT2D eigenvalue weighted by atomic mass is 19.4. The maximum absolute atomic E-state index is 11.6. The number of allylic oxidation sites excluding steroid dienone is 1. The Balaban J connectivity index is 2.60. The van der Waals surface area contributed by atoms with Crippen molar-refractivity contribution in [3.05, 3.63) is 11.8 Å². The number of hydroxylamine groups is 2. The van der Waals surface area contributed by atoms with Crippen LogP contribution >= 0.6 is 0 Å². The van der Waals surface area contributed by atoms with Crippen molar-refractivity contribution in [2.45, 2.75) is 6.18 Å². The van der Waals surface area contributed by atoms with E-state index in [1.165, 1.54) is 0 Å². The molecule has 0 aliphatic carbocycles. The molecule has 0 saturated heterocycles. The number of halogens is 3. The quantitative estimate of drug-likeness (QED) is 0.567. The second-order valence-electron chi connectivity index (χ2n) is 1.69. The summed E-state index contributed by atoms with van der Waals surface area (Å²) in [6, 6.07) is 0. The molecule has 0 saturated carbocycles. The Morgan fingerprint density at radius 2 is 2.20 bits per heavy atom. The Bertz CT molecular complexity index is 164. The lowest BCUT2D eigenvalue weighted by atomic mass is 10.4. The van der Waals surface area contributed by atoms with Gasteiger partial charge in [0.15, 0.2) is 0 Å². The third kappa shape index (κ3) is 1.39. The van der Waals surface area contributed by atoms with Gasteiger partial charge in [-0.1, -0.05) is 0 Å². The van der Waals surface area contributed by atoms with Crippen molar-refractivity contribution in [3.8, 4) is 0 Å². The molecule has 0 spiro atoms. The zero-order valence-electron chi connectivity index (χ0n) is 4.72. The Labute approximate surface area is 54.2 Å². The third-order valence-corrected chi connectivity index (χ3v) is 0.916. The van der Waals surface area contributed by atoms with Gasteiger partial charge >= 0.3 is 6.18 Å². The van der Waals surface area contributed by atoms with Gasteiger partial charge in [0.1, 0.15) is 0 Å². The molecule has 1 heterocycles. The second-order valence-corrected chi connectivity index (χ2v) is 1.69. The molecule has 1 aliphatic heterocycles. The maximum Gasteiger partial charge on any atom is 0.451 e. The molecule has 6 heteroatoms. The molecule has 1 rings (SSSR count). The van der Waals surface area contributed by atoms with Crippen molar-refractivity contribution in [2.75, 3.05) is 6.54 Å². The standard InChI is InChI=1S/C4H4F3NO2/c5-4(6,7)3-1-2-8(9)10-3/h1,9H,2H2. The second kappa shape index (κ2) is 2.14. The lowest BCUT2D eigenvalue weighted by Gasteiger charge is -2.09. The molecule has 1 aliphatic rings. The van der Waals surface area contributed by atoms with Crippen molar-refractivity contribution in [1.82, 2.24) is 5.23 Å². The monoisotopic (exact) mass is 155 g/mol. The van der Waals surface area contributed by atoms with E-state index in [0.717, 1.165) is 6.08 Å². The molecule has 0 aromatic rings. The van der Waals surface area contributed by atoms with Gasteiger partial charge in [0.2, 0.25) is 5.76 Å². The van der Waals surface area contributed by atoms with Gasteiger partial charge < -0.3 is 4.84 Å². The van der Waals surface area contributed by atoms with E-state index in [2.05, 4.69) is 4.84 Å². The predicted molar refractivity (Wildman–Crippen MR) is 23.7 cm³/mol. The molecule has 0 fully saturated rings. The van der Waals surface area contributed by atoms with Crippen LogP contribution in [0.25, 0.3) is 0 Å². The van der Waals surface area contributed by atoms with Crippen LogP contribution in [0.5, 0.6) is 0 Å². The van der Waals surface area contributed by atoms with E-state index in [9.17, 15) is 13.2 Å². The van der Waals surface area contributed by atoms with Crippen LogP contribution in [0, 0.1) is 0 Å². The molecule has 0 atom stereocenters. The Morgan fingerprint density at radius 3 is 2.40 bits per heavy atom. The highest BCUT2D eigenvalue weighted by Crippen LogP contribution is 2.29. The summed E-state index contributed by atoms with van der Waals surface area (Å²) in [5.41, 5.74) is 0. The van der Waals surface area contributed by atoms with E-state index in [0.29, 0.717) is 0 Å². The molecule has 0 amide bonds. The third-order valence-electron chi connectivity index (χ3n) is 0.916. The number of nitrogens with zero attached hydrogens (tertiary/aromatic N) is 1. The van der Waals surface area contributed by atoms with Crippen LogP contribution in [0.1, 0.15) is 0 Å². The van der Waals surface area contributed by atoms with E-state index in [4.69, 9.17) is 5.21 Å². The van der Waals surface area contributed by atoms with Gasteiger partial charge in [0, 0.05) is 0 Å². The minimum Gasteiger partial charge on any atom is -0.375 e. The molecule has 0 bridgehead atoms. The molecular formula is C4H4F3NO2. The van der Waals surface area contributed by atoms with Crippen LogP contribution in [-0.4, -0.2) is 23.2 Å². The average Bonchev–Trinajstić information content (AvgIpc) is 2.11. The van der Waals surface area contributed by atoms with Crippen LogP contribution in [0.3, 0.4) is 0 Å². The number of hydrogen-bond acceptors (Lipinski definition) is 3. The van der Waals surface area contributed by atoms with Crippen molar-refractivity contribution in [3.63, 3.8) is 0 Å². The summed E-state index contributed by atoms with van der Waals surface area (Å²) in [6.07, 6.45) is -3.75. The van der Waals surface area contributed by atoms with E-state index >= 15 is 0 Å². The molecule has 0 unspecified atom stereocenters. The van der Waals surface area contributed by atoms with Gasteiger partial charge in [-0.15, -0.1) is 0 Å². The zero-order chi connectivity index (χ0) is 7.78. The summed E-state index contributed by atoms with van der Waals surface area (Å²) in [7, 11) is 0. The Hall–Kier alpha value is -0.750. The van der Waals surface area contributed by atoms with Crippen molar-refractivity contribution >= 4 is 0 Å². The molecule has 0 aromatic heterocycles. The fraction of sp³-hybridized carbons (Fsp3) is 0.500. The lowest BCUT2D eigenvalue weighted by molar-refractivity contribution is -0.319. The van der Waals surface area contributed by atoms with E-state index in [1.54, 1.807) is 0 Å².